The van der Waals surface area contributed by atoms with E-state index >= 15 is 0 Å². The number of rotatable bonds is 4. The van der Waals surface area contributed by atoms with Gasteiger partial charge in [-0.2, -0.15) is 0 Å². The van der Waals surface area contributed by atoms with Gasteiger partial charge in [-0.05, 0) is 54.8 Å². The third-order valence-electron chi connectivity index (χ3n) is 4.12. The minimum Gasteiger partial charge on any atom is -0.290 e. The zero-order valence-corrected chi connectivity index (χ0v) is 13.7. The predicted molar refractivity (Wildman–Crippen MR) is 94.6 cm³/mol. The van der Waals surface area contributed by atoms with Crippen molar-refractivity contribution in [1.29, 1.82) is 0 Å². The fourth-order valence-corrected chi connectivity index (χ4v) is 3.91. The molecular weight excluding hydrogens is 307 g/mol. The van der Waals surface area contributed by atoms with Crippen molar-refractivity contribution in [2.24, 2.45) is 0 Å². The Kier molecular flexibility index (Phi) is 3.62. The minimum atomic E-state index is -0.222. The van der Waals surface area contributed by atoms with Crippen molar-refractivity contribution in [3.05, 3.63) is 60.0 Å². The number of thiazole rings is 1. The number of hydrogen-bond acceptors (Lipinski definition) is 2. The highest BCUT2D eigenvalue weighted by Crippen LogP contribution is 2.30. The van der Waals surface area contributed by atoms with Gasteiger partial charge in [-0.25, -0.2) is 9.37 Å². The topological polar surface area (TPSA) is 17.3 Å². The average molecular weight is 324 g/mol. The maximum Gasteiger partial charge on any atom is 0.195 e. The van der Waals surface area contributed by atoms with Crippen molar-refractivity contribution in [1.82, 2.24) is 9.38 Å². The summed E-state index contributed by atoms with van der Waals surface area (Å²) in [6.07, 6.45) is 5.61. The molecular formula is C19H17FN2S. The number of halogens is 1. The number of imidazole rings is 1. The summed E-state index contributed by atoms with van der Waals surface area (Å²) in [5.41, 5.74) is 4.40. The predicted octanol–water partition coefficient (Wildman–Crippen LogP) is 5.70. The summed E-state index contributed by atoms with van der Waals surface area (Å²) in [7, 11) is 0. The van der Waals surface area contributed by atoms with Crippen LogP contribution in [-0.2, 0) is 6.42 Å². The number of benzene rings is 2. The third-order valence-corrected chi connectivity index (χ3v) is 5.14. The van der Waals surface area contributed by atoms with Gasteiger partial charge in [-0.3, -0.25) is 4.40 Å². The molecule has 0 unspecified atom stereocenters. The van der Waals surface area contributed by atoms with Crippen LogP contribution >= 0.6 is 11.3 Å². The Hall–Kier alpha value is -2.20. The molecule has 0 aliphatic carbocycles. The van der Waals surface area contributed by atoms with Crippen LogP contribution in [0, 0.1) is 5.82 Å². The molecule has 0 aliphatic heterocycles. The van der Waals surface area contributed by atoms with Gasteiger partial charge in [0.25, 0.3) is 0 Å². The second-order valence-electron chi connectivity index (χ2n) is 5.79. The van der Waals surface area contributed by atoms with E-state index in [9.17, 15) is 4.39 Å². The van der Waals surface area contributed by atoms with Crippen molar-refractivity contribution in [2.45, 2.75) is 26.2 Å². The zero-order valence-electron chi connectivity index (χ0n) is 12.9. The number of unbranched alkanes of at least 4 members (excludes halogenated alkanes) is 1. The molecule has 0 fully saturated rings. The molecule has 2 aromatic carbocycles. The van der Waals surface area contributed by atoms with Crippen molar-refractivity contribution in [3.8, 4) is 11.3 Å². The molecule has 0 aliphatic rings. The molecule has 2 nitrogen and oxygen atoms in total. The molecule has 0 radical (unpaired) electrons. The van der Waals surface area contributed by atoms with Crippen LogP contribution in [0.25, 0.3) is 26.4 Å². The number of aryl methyl sites for hydroxylation is 1. The van der Waals surface area contributed by atoms with Crippen molar-refractivity contribution >= 4 is 26.5 Å². The first-order chi connectivity index (χ1) is 11.2. The molecule has 0 amide bonds. The highest BCUT2D eigenvalue weighted by molar-refractivity contribution is 7.23. The number of aromatic nitrogens is 2. The second-order valence-corrected chi connectivity index (χ2v) is 6.80. The first-order valence-electron chi connectivity index (χ1n) is 7.91. The lowest BCUT2D eigenvalue weighted by Gasteiger charge is -2.00. The van der Waals surface area contributed by atoms with Gasteiger partial charge in [-0.15, -0.1) is 0 Å². The summed E-state index contributed by atoms with van der Waals surface area (Å²) in [5.74, 6) is -0.222. The van der Waals surface area contributed by atoms with Gasteiger partial charge in [0.2, 0.25) is 0 Å². The van der Waals surface area contributed by atoms with Crippen LogP contribution in [-0.4, -0.2) is 9.38 Å². The first kappa shape index (κ1) is 14.4. The van der Waals surface area contributed by atoms with Crippen LogP contribution in [0.4, 0.5) is 4.39 Å². The molecule has 4 rings (SSSR count). The lowest BCUT2D eigenvalue weighted by molar-refractivity contribution is 0.628. The molecule has 0 atom stereocenters. The van der Waals surface area contributed by atoms with Gasteiger partial charge in [0.15, 0.2) is 4.96 Å². The summed E-state index contributed by atoms with van der Waals surface area (Å²) < 4.78 is 16.5. The van der Waals surface area contributed by atoms with Crippen molar-refractivity contribution in [2.75, 3.05) is 0 Å². The molecule has 2 aromatic heterocycles. The highest BCUT2D eigenvalue weighted by atomic mass is 32.1. The van der Waals surface area contributed by atoms with E-state index in [4.69, 9.17) is 4.98 Å². The molecule has 0 bridgehead atoms. The Bertz CT molecular complexity index is 966. The van der Waals surface area contributed by atoms with Gasteiger partial charge in [0.05, 0.1) is 15.9 Å². The van der Waals surface area contributed by atoms with E-state index in [-0.39, 0.29) is 5.82 Å². The van der Waals surface area contributed by atoms with E-state index in [1.165, 1.54) is 40.8 Å². The minimum absolute atomic E-state index is 0.222. The number of fused-ring (bicyclic) bond motifs is 3. The molecule has 0 saturated heterocycles. The van der Waals surface area contributed by atoms with Crippen LogP contribution in [0.5, 0.6) is 0 Å². The van der Waals surface area contributed by atoms with Crippen molar-refractivity contribution < 1.29 is 4.39 Å². The summed E-state index contributed by atoms with van der Waals surface area (Å²) in [4.78, 5) is 5.68. The van der Waals surface area contributed by atoms with Gasteiger partial charge < -0.3 is 0 Å². The van der Waals surface area contributed by atoms with E-state index in [0.29, 0.717) is 0 Å². The molecule has 0 spiro atoms. The quantitative estimate of drug-likeness (QED) is 0.471. The SMILES string of the molecule is CCCCc1ccc2c(c1)sc1nc(-c3ccc(F)cc3)cn12. The summed E-state index contributed by atoms with van der Waals surface area (Å²) in [6, 6.07) is 13.2. The normalized spacial score (nSPS) is 11.6. The van der Waals surface area contributed by atoms with E-state index in [1.807, 2.05) is 6.20 Å². The van der Waals surface area contributed by atoms with E-state index in [2.05, 4.69) is 29.5 Å². The first-order valence-corrected chi connectivity index (χ1v) is 8.73. The number of nitrogens with zero attached hydrogens (tertiary/aromatic N) is 2. The number of hydrogen-bond donors (Lipinski definition) is 0. The monoisotopic (exact) mass is 324 g/mol. The van der Waals surface area contributed by atoms with Gasteiger partial charge in [0, 0.05) is 11.8 Å². The largest absolute Gasteiger partial charge is 0.290 e. The van der Waals surface area contributed by atoms with Crippen molar-refractivity contribution in [3.63, 3.8) is 0 Å². The van der Waals surface area contributed by atoms with Crippen LogP contribution < -0.4 is 0 Å². The van der Waals surface area contributed by atoms with Gasteiger partial charge >= 0.3 is 0 Å². The lowest BCUT2D eigenvalue weighted by atomic mass is 10.1. The Morgan fingerprint density at radius 2 is 1.96 bits per heavy atom. The Morgan fingerprint density at radius 3 is 2.74 bits per heavy atom. The fourth-order valence-electron chi connectivity index (χ4n) is 2.84. The molecule has 4 aromatic rings. The molecule has 23 heavy (non-hydrogen) atoms. The van der Waals surface area contributed by atoms with Crippen LogP contribution in [0.15, 0.2) is 48.7 Å². The Labute approximate surface area is 138 Å². The zero-order chi connectivity index (χ0) is 15.8. The van der Waals surface area contributed by atoms with E-state index in [1.54, 1.807) is 23.5 Å². The van der Waals surface area contributed by atoms with Gasteiger partial charge in [0.1, 0.15) is 5.82 Å². The molecule has 116 valence electrons. The van der Waals surface area contributed by atoms with Gasteiger partial charge in [-0.1, -0.05) is 30.7 Å². The average Bonchev–Trinajstić information content (AvgIpc) is 3.10. The summed E-state index contributed by atoms with van der Waals surface area (Å²) in [5, 5.41) is 0. The third kappa shape index (κ3) is 2.63. The molecule has 2 heterocycles. The van der Waals surface area contributed by atoms with Crippen LogP contribution in [0.1, 0.15) is 25.3 Å². The maximum atomic E-state index is 13.1. The van der Waals surface area contributed by atoms with E-state index in [0.717, 1.165) is 22.6 Å². The standard InChI is InChI=1S/C19H17FN2S/c1-2-3-4-13-5-10-17-18(11-13)23-19-21-16(12-22(17)19)14-6-8-15(20)9-7-14/h5-12H,2-4H2,1H3. The smallest absolute Gasteiger partial charge is 0.195 e. The second kappa shape index (κ2) is 5.78. The van der Waals surface area contributed by atoms with Crippen LogP contribution in [0.2, 0.25) is 0 Å². The molecule has 0 saturated carbocycles. The Morgan fingerprint density at radius 1 is 1.13 bits per heavy atom. The fraction of sp³-hybridized carbons (Fsp3) is 0.211. The lowest BCUT2D eigenvalue weighted by Crippen LogP contribution is -1.84. The summed E-state index contributed by atoms with van der Waals surface area (Å²) >= 11 is 1.71. The maximum absolute atomic E-state index is 13.1. The van der Waals surface area contributed by atoms with E-state index < -0.39 is 0 Å². The molecule has 4 heteroatoms. The molecule has 0 N–H and O–H groups in total. The Balaban J connectivity index is 1.76. The van der Waals surface area contributed by atoms with Crippen LogP contribution in [0.3, 0.4) is 0 Å². The summed E-state index contributed by atoms with van der Waals surface area (Å²) in [6.45, 7) is 2.22. The highest BCUT2D eigenvalue weighted by Gasteiger charge is 2.10.